The number of aromatic nitrogens is 1. The zero-order chi connectivity index (χ0) is 17.7. The minimum absolute atomic E-state index is 0.271. The van der Waals surface area contributed by atoms with Gasteiger partial charge in [-0.25, -0.2) is 0 Å². The third-order valence-corrected chi connectivity index (χ3v) is 5.02. The third kappa shape index (κ3) is 5.18. The van der Waals surface area contributed by atoms with Crippen molar-refractivity contribution in [2.24, 2.45) is 0 Å². The highest BCUT2D eigenvalue weighted by Gasteiger charge is 2.31. The highest BCUT2D eigenvalue weighted by molar-refractivity contribution is 6.32. The molecule has 3 rings (SSSR count). The topological polar surface area (TPSA) is 45.6 Å². The highest BCUT2D eigenvalue weighted by atomic mass is 35.5. The SMILES string of the molecule is Cc1ccc(Cl)c(OCC2(O)CCCN(Cc3ccccn3)CC2)c1. The molecule has 0 radical (unpaired) electrons. The first kappa shape index (κ1) is 18.2. The molecule has 25 heavy (non-hydrogen) atoms. The number of hydrogen-bond acceptors (Lipinski definition) is 4. The van der Waals surface area contributed by atoms with Gasteiger partial charge in [-0.3, -0.25) is 9.88 Å². The smallest absolute Gasteiger partial charge is 0.138 e. The van der Waals surface area contributed by atoms with Gasteiger partial charge in [0.25, 0.3) is 0 Å². The predicted molar refractivity (Wildman–Crippen MR) is 100.0 cm³/mol. The number of aryl methyl sites for hydroxylation is 1. The minimum atomic E-state index is -0.814. The van der Waals surface area contributed by atoms with Crippen LogP contribution in [0.25, 0.3) is 0 Å². The van der Waals surface area contributed by atoms with Gasteiger partial charge >= 0.3 is 0 Å². The summed E-state index contributed by atoms with van der Waals surface area (Å²) in [6.45, 7) is 4.89. The van der Waals surface area contributed by atoms with E-state index in [1.807, 2.05) is 49.5 Å². The molecule has 2 heterocycles. The number of benzene rings is 1. The number of pyridine rings is 1. The summed E-state index contributed by atoms with van der Waals surface area (Å²) < 4.78 is 5.86. The van der Waals surface area contributed by atoms with Crippen LogP contribution in [-0.4, -0.2) is 40.3 Å². The van der Waals surface area contributed by atoms with Crippen molar-refractivity contribution in [2.45, 2.75) is 38.3 Å². The number of aliphatic hydroxyl groups is 1. The van der Waals surface area contributed by atoms with Crippen molar-refractivity contribution in [1.29, 1.82) is 0 Å². The monoisotopic (exact) mass is 360 g/mol. The van der Waals surface area contributed by atoms with E-state index < -0.39 is 5.60 Å². The van der Waals surface area contributed by atoms with Crippen LogP contribution in [0, 0.1) is 6.92 Å². The minimum Gasteiger partial charge on any atom is -0.489 e. The molecule has 4 nitrogen and oxygen atoms in total. The van der Waals surface area contributed by atoms with Crippen molar-refractivity contribution < 1.29 is 9.84 Å². The van der Waals surface area contributed by atoms with Gasteiger partial charge in [-0.1, -0.05) is 23.7 Å². The Morgan fingerprint density at radius 3 is 2.92 bits per heavy atom. The summed E-state index contributed by atoms with van der Waals surface area (Å²) in [5.74, 6) is 0.643. The molecule has 1 saturated heterocycles. The summed E-state index contributed by atoms with van der Waals surface area (Å²) >= 11 is 6.18. The molecule has 0 spiro atoms. The summed E-state index contributed by atoms with van der Waals surface area (Å²) in [4.78, 5) is 6.74. The summed E-state index contributed by atoms with van der Waals surface area (Å²) in [6.07, 6.45) is 4.18. The number of rotatable bonds is 5. The molecule has 134 valence electrons. The van der Waals surface area contributed by atoms with E-state index in [0.29, 0.717) is 17.2 Å². The lowest BCUT2D eigenvalue weighted by molar-refractivity contribution is -0.0168. The van der Waals surface area contributed by atoms with Crippen LogP contribution >= 0.6 is 11.6 Å². The van der Waals surface area contributed by atoms with Gasteiger partial charge in [-0.2, -0.15) is 0 Å². The fraction of sp³-hybridized carbons (Fsp3) is 0.450. The number of hydrogen-bond donors (Lipinski definition) is 1. The molecule has 1 atom stereocenters. The van der Waals surface area contributed by atoms with E-state index in [9.17, 15) is 5.11 Å². The van der Waals surface area contributed by atoms with E-state index in [2.05, 4.69) is 9.88 Å². The molecule has 1 aromatic heterocycles. The van der Waals surface area contributed by atoms with E-state index in [1.165, 1.54) is 0 Å². The number of halogens is 1. The van der Waals surface area contributed by atoms with Gasteiger partial charge in [0.1, 0.15) is 12.4 Å². The normalized spacial score (nSPS) is 21.7. The molecular weight excluding hydrogens is 336 g/mol. The molecule has 0 saturated carbocycles. The van der Waals surface area contributed by atoms with Crippen molar-refractivity contribution in [1.82, 2.24) is 9.88 Å². The summed E-state index contributed by atoms with van der Waals surface area (Å²) in [6, 6.07) is 11.7. The molecule has 0 aliphatic carbocycles. The Kier molecular flexibility index (Phi) is 5.94. The molecule has 1 fully saturated rings. The molecule has 1 aliphatic rings. The zero-order valence-corrected chi connectivity index (χ0v) is 15.4. The molecule has 5 heteroatoms. The Labute approximate surface area is 154 Å². The molecular formula is C20H25ClN2O2. The van der Waals surface area contributed by atoms with Gasteiger partial charge in [-0.15, -0.1) is 0 Å². The van der Waals surface area contributed by atoms with E-state index in [0.717, 1.165) is 43.7 Å². The van der Waals surface area contributed by atoms with E-state index >= 15 is 0 Å². The van der Waals surface area contributed by atoms with Crippen molar-refractivity contribution in [3.05, 3.63) is 58.9 Å². The van der Waals surface area contributed by atoms with Gasteiger partial charge in [0, 0.05) is 19.3 Å². The second kappa shape index (κ2) is 8.17. The Hall–Kier alpha value is -1.62. The fourth-order valence-electron chi connectivity index (χ4n) is 3.19. The highest BCUT2D eigenvalue weighted by Crippen LogP contribution is 2.29. The third-order valence-electron chi connectivity index (χ3n) is 4.70. The Morgan fingerprint density at radius 2 is 2.12 bits per heavy atom. The van der Waals surface area contributed by atoms with Crippen LogP contribution in [0.3, 0.4) is 0 Å². The second-order valence-corrected chi connectivity index (χ2v) is 7.30. The van der Waals surface area contributed by atoms with Crippen LogP contribution in [0.1, 0.15) is 30.5 Å². The van der Waals surface area contributed by atoms with Crippen molar-refractivity contribution >= 4 is 11.6 Å². The molecule has 0 amide bonds. The Balaban J connectivity index is 1.56. The molecule has 1 unspecified atom stereocenters. The average Bonchev–Trinajstić information content (AvgIpc) is 2.79. The maximum Gasteiger partial charge on any atom is 0.138 e. The second-order valence-electron chi connectivity index (χ2n) is 6.90. The standard InChI is InChI=1S/C20H25ClN2O2/c1-16-6-7-18(21)19(13-16)25-15-20(24)8-4-11-23(12-9-20)14-17-5-2-3-10-22-17/h2-3,5-7,10,13,24H,4,8-9,11-12,14-15H2,1H3. The van der Waals surface area contributed by atoms with Gasteiger partial charge in [0.05, 0.1) is 16.3 Å². The predicted octanol–water partition coefficient (Wildman–Crippen LogP) is 3.84. The maximum absolute atomic E-state index is 10.9. The van der Waals surface area contributed by atoms with Crippen molar-refractivity contribution in [2.75, 3.05) is 19.7 Å². The maximum atomic E-state index is 10.9. The zero-order valence-electron chi connectivity index (χ0n) is 14.6. The van der Waals surface area contributed by atoms with Crippen molar-refractivity contribution in [3.63, 3.8) is 0 Å². The van der Waals surface area contributed by atoms with Crippen LogP contribution in [0.4, 0.5) is 0 Å². The number of nitrogens with zero attached hydrogens (tertiary/aromatic N) is 2. The lowest BCUT2D eigenvalue weighted by Gasteiger charge is -2.27. The molecule has 1 aromatic carbocycles. The van der Waals surface area contributed by atoms with Crippen molar-refractivity contribution in [3.8, 4) is 5.75 Å². The number of ether oxygens (including phenoxy) is 1. The van der Waals surface area contributed by atoms with Gasteiger partial charge in [0.2, 0.25) is 0 Å². The van der Waals surface area contributed by atoms with Gasteiger partial charge in [0.15, 0.2) is 0 Å². The van der Waals surface area contributed by atoms with Crippen LogP contribution < -0.4 is 4.74 Å². The summed E-state index contributed by atoms with van der Waals surface area (Å²) in [5.41, 5.74) is 1.34. The van der Waals surface area contributed by atoms with Crippen LogP contribution in [-0.2, 0) is 6.54 Å². The summed E-state index contributed by atoms with van der Waals surface area (Å²) in [7, 11) is 0. The van der Waals surface area contributed by atoms with E-state index in [4.69, 9.17) is 16.3 Å². The quantitative estimate of drug-likeness (QED) is 0.880. The Morgan fingerprint density at radius 1 is 1.24 bits per heavy atom. The first-order valence-corrected chi connectivity index (χ1v) is 9.15. The van der Waals surface area contributed by atoms with Crippen LogP contribution in [0.5, 0.6) is 5.75 Å². The lowest BCUT2D eigenvalue weighted by Crippen LogP contribution is -2.37. The van der Waals surface area contributed by atoms with Crippen LogP contribution in [0.2, 0.25) is 5.02 Å². The van der Waals surface area contributed by atoms with E-state index in [1.54, 1.807) is 0 Å². The molecule has 2 aromatic rings. The fourth-order valence-corrected chi connectivity index (χ4v) is 3.36. The molecule has 1 N–H and O–H groups in total. The van der Waals surface area contributed by atoms with Gasteiger partial charge < -0.3 is 9.84 Å². The molecule has 1 aliphatic heterocycles. The average molecular weight is 361 g/mol. The van der Waals surface area contributed by atoms with Crippen LogP contribution in [0.15, 0.2) is 42.6 Å². The van der Waals surface area contributed by atoms with E-state index in [-0.39, 0.29) is 6.61 Å². The molecule has 0 bridgehead atoms. The lowest BCUT2D eigenvalue weighted by atomic mass is 9.96. The number of likely N-dealkylation sites (tertiary alicyclic amines) is 1. The largest absolute Gasteiger partial charge is 0.489 e. The summed E-state index contributed by atoms with van der Waals surface area (Å²) in [5, 5.41) is 11.5. The first-order valence-electron chi connectivity index (χ1n) is 8.78. The Bertz CT molecular complexity index is 695. The first-order chi connectivity index (χ1) is 12.0. The van der Waals surface area contributed by atoms with Gasteiger partial charge in [-0.05, 0) is 62.6 Å².